The molecule has 8 N–H and O–H groups in total. The minimum atomic E-state index is -2.68. The number of nitrogens with zero attached hydrogens (tertiary/aromatic N) is 6. The highest BCUT2D eigenvalue weighted by molar-refractivity contribution is 5.87. The number of carbonyl (C=O) groups excluding carboxylic acids is 3. The van der Waals surface area contributed by atoms with Crippen LogP contribution in [0.2, 0.25) is 0 Å². The minimum absolute atomic E-state index is 0.161. The highest BCUT2D eigenvalue weighted by atomic mass is 16.5. The van der Waals surface area contributed by atoms with Crippen molar-refractivity contribution in [3.63, 3.8) is 0 Å². The maximum atomic E-state index is 13.1. The number of aliphatic hydroxyl groups is 8. The summed E-state index contributed by atoms with van der Waals surface area (Å²) < 4.78 is 0. The molecular weight excluding hydrogens is 428 g/mol. The maximum absolute atomic E-state index is 13.1. The topological polar surface area (TPSA) is 232 Å². The average molecular weight is 452 g/mol. The van der Waals surface area contributed by atoms with Gasteiger partial charge in [0.15, 0.2) is 24.9 Å². The molecule has 0 bridgehead atoms. The summed E-state index contributed by atoms with van der Waals surface area (Å²) in [4.78, 5) is 39.4. The smallest absolute Gasteiger partial charge is 0.363 e. The molecule has 0 radical (unpaired) electrons. The Labute approximate surface area is 174 Å². The van der Waals surface area contributed by atoms with Gasteiger partial charge in [-0.05, 0) is 6.92 Å². The van der Waals surface area contributed by atoms with E-state index in [9.17, 15) is 45.0 Å². The quantitative estimate of drug-likeness (QED) is 0.189. The molecule has 3 aliphatic heterocycles. The molecule has 6 amide bonds. The molecule has 0 aromatic heterocycles. The Kier molecular flexibility index (Phi) is 5.88. The summed E-state index contributed by atoms with van der Waals surface area (Å²) in [7, 11) is 0. The van der Waals surface area contributed by atoms with Crippen molar-refractivity contribution in [1.82, 2.24) is 29.8 Å². The van der Waals surface area contributed by atoms with Gasteiger partial charge in [-0.15, -0.1) is 0 Å². The second-order valence-corrected chi connectivity index (χ2v) is 7.15. The van der Waals surface area contributed by atoms with Gasteiger partial charge in [0.25, 0.3) is 0 Å². The molecule has 31 heavy (non-hydrogen) atoms. The molecule has 3 heterocycles. The molecule has 17 heteroatoms. The lowest BCUT2D eigenvalue weighted by atomic mass is 10.2. The Bertz CT molecular complexity index is 754. The number of rotatable bonds is 6. The molecule has 0 aromatic carbocycles. The Balaban J connectivity index is 1.97. The Morgan fingerprint density at radius 2 is 1.13 bits per heavy atom. The van der Waals surface area contributed by atoms with Crippen LogP contribution in [0.1, 0.15) is 6.92 Å². The predicted octanol–water partition coefficient (Wildman–Crippen LogP) is -5.69. The summed E-state index contributed by atoms with van der Waals surface area (Å²) in [5.41, 5.74) is -2.68. The lowest BCUT2D eigenvalue weighted by Crippen LogP contribution is -2.60. The van der Waals surface area contributed by atoms with Gasteiger partial charge in [0.2, 0.25) is 12.0 Å². The molecule has 0 spiro atoms. The van der Waals surface area contributed by atoms with E-state index in [1.165, 1.54) is 0 Å². The van der Waals surface area contributed by atoms with Gasteiger partial charge in [-0.1, -0.05) is 0 Å². The third-order valence-electron chi connectivity index (χ3n) is 5.21. The van der Waals surface area contributed by atoms with Crippen molar-refractivity contribution in [2.75, 3.05) is 26.3 Å². The Hall–Kier alpha value is -2.51. The van der Waals surface area contributed by atoms with Crippen molar-refractivity contribution < 1.29 is 55.2 Å². The van der Waals surface area contributed by atoms with Crippen LogP contribution >= 0.6 is 0 Å². The second-order valence-electron chi connectivity index (χ2n) is 7.15. The normalized spacial score (nSPS) is 36.7. The van der Waals surface area contributed by atoms with E-state index in [4.69, 9.17) is 10.2 Å². The molecule has 3 saturated heterocycles. The van der Waals surface area contributed by atoms with Crippen molar-refractivity contribution in [3.05, 3.63) is 0 Å². The van der Waals surface area contributed by atoms with E-state index in [0.29, 0.717) is 9.80 Å². The van der Waals surface area contributed by atoms with Crippen molar-refractivity contribution in [2.24, 2.45) is 0 Å². The standard InChI is InChI=1S/C14H24N6O11/c1-14(31)10(27)19(17-8(25)6(23)15(2-4-21)11(17)28)13(30)20(14)18-9(26)7(24)16(3-5-22)12(18)29/h6-10,21-27,31H,2-5H2,1H3. The minimum Gasteiger partial charge on any atom is -0.395 e. The van der Waals surface area contributed by atoms with Crippen LogP contribution in [0.4, 0.5) is 14.4 Å². The lowest BCUT2D eigenvalue weighted by molar-refractivity contribution is -0.233. The first-order valence-electron chi connectivity index (χ1n) is 9.10. The largest absolute Gasteiger partial charge is 0.395 e. The molecule has 6 atom stereocenters. The van der Waals surface area contributed by atoms with Crippen LogP contribution < -0.4 is 0 Å². The van der Waals surface area contributed by atoms with Crippen molar-refractivity contribution >= 4 is 18.1 Å². The molecule has 0 saturated carbocycles. The van der Waals surface area contributed by atoms with Gasteiger partial charge in [0, 0.05) is 13.1 Å². The van der Waals surface area contributed by atoms with Crippen molar-refractivity contribution in [1.29, 1.82) is 0 Å². The molecule has 17 nitrogen and oxygen atoms in total. The number of hydrazine groups is 2. The number of hydrogen-bond donors (Lipinski definition) is 8. The number of hydrogen-bond acceptors (Lipinski definition) is 11. The highest BCUT2D eigenvalue weighted by Crippen LogP contribution is 2.38. The summed E-state index contributed by atoms with van der Waals surface area (Å²) in [5.74, 6) is 0. The summed E-state index contributed by atoms with van der Waals surface area (Å²) in [6.07, 6.45) is -10.3. The number of β-amino-alcohol motifs (C(OH)–C–C–N with tert-alkyl or cyclic N) is 2. The van der Waals surface area contributed by atoms with Gasteiger partial charge in [0.05, 0.1) is 13.2 Å². The van der Waals surface area contributed by atoms with Crippen LogP contribution in [-0.4, -0.2) is 152 Å². The SMILES string of the molecule is CC1(O)C(O)N(N2C(=O)N(CCO)C(O)C2O)C(=O)N1N1C(=O)N(CCO)C(O)C1O. The average Bonchev–Trinajstić information content (AvgIpc) is 3.11. The molecule has 3 fully saturated rings. The molecule has 0 aliphatic carbocycles. The van der Waals surface area contributed by atoms with Crippen LogP contribution in [-0.2, 0) is 0 Å². The zero-order valence-corrected chi connectivity index (χ0v) is 16.2. The number of aliphatic hydroxyl groups excluding tert-OH is 7. The van der Waals surface area contributed by atoms with Gasteiger partial charge < -0.3 is 40.9 Å². The van der Waals surface area contributed by atoms with E-state index < -0.39 is 81.3 Å². The van der Waals surface area contributed by atoms with Crippen LogP contribution in [0.5, 0.6) is 0 Å². The van der Waals surface area contributed by atoms with Gasteiger partial charge >= 0.3 is 18.1 Å². The van der Waals surface area contributed by atoms with Crippen LogP contribution in [0.3, 0.4) is 0 Å². The van der Waals surface area contributed by atoms with E-state index in [1.807, 2.05) is 0 Å². The molecule has 0 aromatic rings. The van der Waals surface area contributed by atoms with Gasteiger partial charge in [-0.3, -0.25) is 9.80 Å². The van der Waals surface area contributed by atoms with E-state index >= 15 is 0 Å². The molecule has 176 valence electrons. The monoisotopic (exact) mass is 452 g/mol. The van der Waals surface area contributed by atoms with Gasteiger partial charge in [0.1, 0.15) is 0 Å². The molecular formula is C14H24N6O11. The van der Waals surface area contributed by atoms with E-state index in [2.05, 4.69) is 0 Å². The van der Waals surface area contributed by atoms with Gasteiger partial charge in [-0.25, -0.2) is 14.4 Å². The molecule has 3 aliphatic rings. The van der Waals surface area contributed by atoms with Crippen LogP contribution in [0, 0.1) is 0 Å². The Morgan fingerprint density at radius 1 is 0.710 bits per heavy atom. The first kappa shape index (κ1) is 23.2. The summed E-state index contributed by atoms with van der Waals surface area (Å²) in [5, 5.41) is 80.7. The van der Waals surface area contributed by atoms with Crippen LogP contribution in [0.15, 0.2) is 0 Å². The summed E-state index contributed by atoms with van der Waals surface area (Å²) in [6.45, 7) is -1.22. The van der Waals surface area contributed by atoms with Crippen molar-refractivity contribution in [2.45, 2.75) is 43.8 Å². The fourth-order valence-corrected chi connectivity index (χ4v) is 3.64. The zero-order chi connectivity index (χ0) is 23.4. The fraction of sp³-hybridized carbons (Fsp3) is 0.786. The highest BCUT2D eigenvalue weighted by Gasteiger charge is 2.65. The lowest BCUT2D eigenvalue weighted by Gasteiger charge is -2.36. The Morgan fingerprint density at radius 3 is 1.58 bits per heavy atom. The number of carbonyl (C=O) groups is 3. The first-order valence-corrected chi connectivity index (χ1v) is 9.10. The second kappa shape index (κ2) is 7.88. The van der Waals surface area contributed by atoms with E-state index in [0.717, 1.165) is 6.92 Å². The van der Waals surface area contributed by atoms with E-state index in [1.54, 1.807) is 0 Å². The van der Waals surface area contributed by atoms with Gasteiger partial charge in [-0.2, -0.15) is 20.0 Å². The third-order valence-corrected chi connectivity index (χ3v) is 5.21. The number of urea groups is 3. The van der Waals surface area contributed by atoms with Crippen LogP contribution in [0.25, 0.3) is 0 Å². The van der Waals surface area contributed by atoms with E-state index in [-0.39, 0.29) is 20.0 Å². The maximum Gasteiger partial charge on any atom is 0.363 e. The first-order chi connectivity index (χ1) is 14.4. The number of amides is 6. The summed E-state index contributed by atoms with van der Waals surface area (Å²) >= 11 is 0. The third kappa shape index (κ3) is 3.13. The molecule has 3 rings (SSSR count). The molecule has 6 unspecified atom stereocenters. The zero-order valence-electron chi connectivity index (χ0n) is 16.2. The summed E-state index contributed by atoms with van der Waals surface area (Å²) in [6, 6.07) is -3.91. The van der Waals surface area contributed by atoms with Crippen molar-refractivity contribution in [3.8, 4) is 0 Å². The fourth-order valence-electron chi connectivity index (χ4n) is 3.64. The predicted molar refractivity (Wildman–Crippen MR) is 91.8 cm³/mol.